The third-order valence-corrected chi connectivity index (χ3v) is 2.77. The lowest BCUT2D eigenvalue weighted by atomic mass is 10.5. The van der Waals surface area contributed by atoms with Crippen molar-refractivity contribution in [2.24, 2.45) is 0 Å². The average Bonchev–Trinajstić information content (AvgIpc) is 2.03. The van der Waals surface area contributed by atoms with Gasteiger partial charge in [0.05, 0.1) is 13.2 Å². The van der Waals surface area contributed by atoms with Crippen molar-refractivity contribution >= 4 is 11.9 Å². The number of ether oxygens (including phenoxy) is 1. The fourth-order valence-corrected chi connectivity index (χ4v) is 1.74. The first-order valence-corrected chi connectivity index (χ1v) is 4.83. The lowest BCUT2D eigenvalue weighted by molar-refractivity contribution is 0.0773. The Morgan fingerprint density at radius 1 is 1.40 bits per heavy atom. The molecule has 0 amide bonds. The van der Waals surface area contributed by atoms with Crippen LogP contribution in [0.3, 0.4) is 0 Å². The molecule has 10 heavy (non-hydrogen) atoms. The largest absolute Gasteiger partial charge is 0.379 e. The Kier molecular flexibility index (Phi) is 4.18. The smallest absolute Gasteiger partial charge is 0.0603 e. The summed E-state index contributed by atoms with van der Waals surface area (Å²) in [6.07, 6.45) is 1.27. The van der Waals surface area contributed by atoms with E-state index < -0.39 is 0 Å². The molecule has 0 bridgehead atoms. The zero-order valence-electron chi connectivity index (χ0n) is 6.51. The number of hydrogen-bond donors (Lipinski definition) is 0. The predicted octanol–water partition coefficient (Wildman–Crippen LogP) is 1.38. The lowest BCUT2D eigenvalue weighted by Gasteiger charge is -2.24. The van der Waals surface area contributed by atoms with Crippen molar-refractivity contribution in [2.45, 2.75) is 13.3 Å². The van der Waals surface area contributed by atoms with Crippen LogP contribution in [0, 0.1) is 0 Å². The molecule has 1 saturated heterocycles. The Balaban J connectivity index is 2.02. The Bertz CT molecular complexity index is 83.7. The van der Waals surface area contributed by atoms with Gasteiger partial charge in [-0.3, -0.25) is 0 Å². The average molecular weight is 161 g/mol. The highest BCUT2D eigenvalue weighted by Crippen LogP contribution is 2.12. The molecule has 0 aromatic carbocycles. The first-order chi connectivity index (χ1) is 4.93. The highest BCUT2D eigenvalue weighted by molar-refractivity contribution is 7.97. The first-order valence-electron chi connectivity index (χ1n) is 3.89. The van der Waals surface area contributed by atoms with Crippen LogP contribution >= 0.6 is 11.9 Å². The topological polar surface area (TPSA) is 12.5 Å². The Morgan fingerprint density at radius 3 is 2.70 bits per heavy atom. The van der Waals surface area contributed by atoms with E-state index in [9.17, 15) is 0 Å². The van der Waals surface area contributed by atoms with Crippen LogP contribution in [0.5, 0.6) is 0 Å². The Morgan fingerprint density at radius 2 is 2.10 bits per heavy atom. The molecule has 1 fully saturated rings. The zero-order chi connectivity index (χ0) is 7.23. The summed E-state index contributed by atoms with van der Waals surface area (Å²) in [6.45, 7) is 6.25. The number of rotatable bonds is 3. The zero-order valence-corrected chi connectivity index (χ0v) is 7.32. The van der Waals surface area contributed by atoms with Gasteiger partial charge in [0.1, 0.15) is 0 Å². The van der Waals surface area contributed by atoms with Crippen molar-refractivity contribution in [3.63, 3.8) is 0 Å². The van der Waals surface area contributed by atoms with Crippen molar-refractivity contribution in [1.82, 2.24) is 4.31 Å². The monoisotopic (exact) mass is 161 g/mol. The standard InChI is InChI=1S/C7H15NOS/c1-2-7-10-8-3-5-9-6-4-8/h2-7H2,1H3. The summed E-state index contributed by atoms with van der Waals surface area (Å²) in [5.41, 5.74) is 0. The first kappa shape index (κ1) is 8.37. The second-order valence-electron chi connectivity index (χ2n) is 2.37. The summed E-state index contributed by atoms with van der Waals surface area (Å²) < 4.78 is 7.62. The van der Waals surface area contributed by atoms with Gasteiger partial charge in [-0.25, -0.2) is 4.31 Å². The lowest BCUT2D eigenvalue weighted by Crippen LogP contribution is -2.31. The molecule has 0 aliphatic carbocycles. The molecule has 0 atom stereocenters. The van der Waals surface area contributed by atoms with Crippen molar-refractivity contribution in [2.75, 3.05) is 32.1 Å². The van der Waals surface area contributed by atoms with Gasteiger partial charge >= 0.3 is 0 Å². The molecule has 60 valence electrons. The van der Waals surface area contributed by atoms with E-state index in [0.29, 0.717) is 0 Å². The van der Waals surface area contributed by atoms with E-state index in [2.05, 4.69) is 11.2 Å². The van der Waals surface area contributed by atoms with Gasteiger partial charge in [0.25, 0.3) is 0 Å². The van der Waals surface area contributed by atoms with Crippen molar-refractivity contribution in [3.05, 3.63) is 0 Å². The summed E-state index contributed by atoms with van der Waals surface area (Å²) in [6, 6.07) is 0. The molecule has 2 nitrogen and oxygen atoms in total. The van der Waals surface area contributed by atoms with E-state index in [4.69, 9.17) is 4.74 Å². The quantitative estimate of drug-likeness (QED) is 0.580. The maximum Gasteiger partial charge on any atom is 0.0603 e. The molecule has 1 rings (SSSR count). The molecule has 0 unspecified atom stereocenters. The molecule has 0 spiro atoms. The SMILES string of the molecule is CCCSN1CCOCC1. The van der Waals surface area contributed by atoms with Crippen molar-refractivity contribution in [3.8, 4) is 0 Å². The third kappa shape index (κ3) is 2.90. The minimum atomic E-state index is 0.913. The second kappa shape index (κ2) is 4.99. The fraction of sp³-hybridized carbons (Fsp3) is 1.00. The van der Waals surface area contributed by atoms with Crippen LogP contribution in [0.1, 0.15) is 13.3 Å². The van der Waals surface area contributed by atoms with Crippen LogP contribution in [0.4, 0.5) is 0 Å². The van der Waals surface area contributed by atoms with E-state index in [1.165, 1.54) is 12.2 Å². The van der Waals surface area contributed by atoms with Crippen LogP contribution in [0.15, 0.2) is 0 Å². The molecule has 0 aromatic rings. The Hall–Kier alpha value is 0.270. The summed E-state index contributed by atoms with van der Waals surface area (Å²) >= 11 is 1.95. The highest BCUT2D eigenvalue weighted by atomic mass is 32.2. The molecule has 0 saturated carbocycles. The van der Waals surface area contributed by atoms with Crippen molar-refractivity contribution in [1.29, 1.82) is 0 Å². The van der Waals surface area contributed by atoms with Gasteiger partial charge in [0.2, 0.25) is 0 Å². The van der Waals surface area contributed by atoms with Crippen LogP contribution in [-0.4, -0.2) is 36.4 Å². The van der Waals surface area contributed by atoms with Crippen LogP contribution in [0.2, 0.25) is 0 Å². The van der Waals surface area contributed by atoms with E-state index in [1.807, 2.05) is 11.9 Å². The molecule has 0 N–H and O–H groups in total. The molecule has 1 aliphatic rings. The fourth-order valence-electron chi connectivity index (χ4n) is 0.896. The molecular weight excluding hydrogens is 146 g/mol. The van der Waals surface area contributed by atoms with Gasteiger partial charge in [0, 0.05) is 18.8 Å². The van der Waals surface area contributed by atoms with Crippen molar-refractivity contribution < 1.29 is 4.74 Å². The normalized spacial score (nSPS) is 21.3. The van der Waals surface area contributed by atoms with Crippen LogP contribution in [-0.2, 0) is 4.74 Å². The van der Waals surface area contributed by atoms with Gasteiger partial charge in [0.15, 0.2) is 0 Å². The minimum Gasteiger partial charge on any atom is -0.379 e. The highest BCUT2D eigenvalue weighted by Gasteiger charge is 2.08. The van der Waals surface area contributed by atoms with Gasteiger partial charge in [-0.05, 0) is 6.42 Å². The summed E-state index contributed by atoms with van der Waals surface area (Å²) in [4.78, 5) is 0. The number of nitrogens with zero attached hydrogens (tertiary/aromatic N) is 1. The van der Waals surface area contributed by atoms with Crippen LogP contribution < -0.4 is 0 Å². The van der Waals surface area contributed by atoms with E-state index in [0.717, 1.165) is 26.3 Å². The maximum atomic E-state index is 5.22. The molecule has 1 aliphatic heterocycles. The van der Waals surface area contributed by atoms with E-state index in [1.54, 1.807) is 0 Å². The summed E-state index contributed by atoms with van der Waals surface area (Å²) in [5, 5.41) is 0. The maximum absolute atomic E-state index is 5.22. The number of hydrogen-bond acceptors (Lipinski definition) is 3. The third-order valence-electron chi connectivity index (χ3n) is 1.45. The number of morpholine rings is 1. The van der Waals surface area contributed by atoms with Gasteiger partial charge in [-0.1, -0.05) is 18.9 Å². The summed E-state index contributed by atoms with van der Waals surface area (Å²) in [7, 11) is 0. The minimum absolute atomic E-state index is 0.913. The molecule has 3 heteroatoms. The summed E-state index contributed by atoms with van der Waals surface area (Å²) in [5.74, 6) is 1.25. The predicted molar refractivity (Wildman–Crippen MR) is 45.1 cm³/mol. The molecule has 0 radical (unpaired) electrons. The molecule has 1 heterocycles. The van der Waals surface area contributed by atoms with Gasteiger partial charge in [-0.2, -0.15) is 0 Å². The van der Waals surface area contributed by atoms with E-state index >= 15 is 0 Å². The Labute approximate surface area is 67.1 Å². The molecule has 0 aromatic heterocycles. The van der Waals surface area contributed by atoms with Crippen LogP contribution in [0.25, 0.3) is 0 Å². The molecular formula is C7H15NOS. The van der Waals surface area contributed by atoms with Gasteiger partial charge < -0.3 is 4.74 Å². The second-order valence-corrected chi connectivity index (χ2v) is 3.56. The van der Waals surface area contributed by atoms with E-state index in [-0.39, 0.29) is 0 Å². The van der Waals surface area contributed by atoms with Gasteiger partial charge in [-0.15, -0.1) is 0 Å².